The van der Waals surface area contributed by atoms with Crippen molar-refractivity contribution in [3.05, 3.63) is 75.8 Å². The topological polar surface area (TPSA) is 54.3 Å². The third kappa shape index (κ3) is 3.81. The molecule has 146 valence electrons. The Morgan fingerprint density at radius 2 is 1.93 bits per heavy atom. The molecule has 0 bridgehead atoms. The van der Waals surface area contributed by atoms with E-state index in [9.17, 15) is 9.59 Å². The molecule has 1 fully saturated rings. The maximum absolute atomic E-state index is 12.9. The van der Waals surface area contributed by atoms with Crippen LogP contribution in [0.1, 0.15) is 22.8 Å². The Bertz CT molecular complexity index is 1170. The van der Waals surface area contributed by atoms with Crippen molar-refractivity contribution in [1.29, 1.82) is 0 Å². The zero-order chi connectivity index (χ0) is 20.5. The summed E-state index contributed by atoms with van der Waals surface area (Å²) in [6, 6.07) is 14.4. The minimum Gasteiger partial charge on any atom is -0.347 e. The van der Waals surface area contributed by atoms with Gasteiger partial charge in [0.25, 0.3) is 11.8 Å². The number of fused-ring (bicyclic) bond motifs is 1. The van der Waals surface area contributed by atoms with E-state index >= 15 is 0 Å². The first kappa shape index (κ1) is 19.7. The molecule has 5 nitrogen and oxygen atoms in total. The summed E-state index contributed by atoms with van der Waals surface area (Å²) in [6.45, 7) is 2.90. The fourth-order valence-corrected chi connectivity index (χ4v) is 4.42. The number of hydrogen-bond donors (Lipinski definition) is 1. The first-order chi connectivity index (χ1) is 14.0. The van der Waals surface area contributed by atoms with Gasteiger partial charge in [-0.3, -0.25) is 15.0 Å². The molecule has 2 aromatic carbocycles. The molecule has 1 aliphatic heterocycles. The van der Waals surface area contributed by atoms with E-state index in [2.05, 4.69) is 16.9 Å². The quantitative estimate of drug-likeness (QED) is 0.464. The number of aryl methyl sites for hydroxylation is 1. The lowest BCUT2D eigenvalue weighted by Gasteiger charge is -2.15. The molecule has 1 aromatic heterocycles. The minimum absolute atomic E-state index is 0.280. The Balaban J connectivity index is 1.60. The van der Waals surface area contributed by atoms with Crippen LogP contribution in [-0.2, 0) is 11.3 Å². The number of nitrogens with zero attached hydrogens (tertiary/aromatic N) is 2. The van der Waals surface area contributed by atoms with Crippen LogP contribution in [0.4, 0.5) is 0 Å². The van der Waals surface area contributed by atoms with Gasteiger partial charge in [-0.25, -0.2) is 0 Å². The summed E-state index contributed by atoms with van der Waals surface area (Å²) in [6.07, 6.45) is 3.84. The van der Waals surface area contributed by atoms with Crippen molar-refractivity contribution in [1.82, 2.24) is 15.0 Å². The number of hydrogen-bond acceptors (Lipinski definition) is 4. The second-order valence-electron chi connectivity index (χ2n) is 6.35. The number of thiocarbonyl (C=S) groups is 1. The van der Waals surface area contributed by atoms with Gasteiger partial charge in [-0.05, 0) is 55.5 Å². The van der Waals surface area contributed by atoms with Gasteiger partial charge in [0.05, 0.1) is 4.91 Å². The molecule has 3 aromatic rings. The van der Waals surface area contributed by atoms with Crippen molar-refractivity contribution >= 4 is 68.7 Å². The van der Waals surface area contributed by atoms with Gasteiger partial charge in [0, 0.05) is 39.8 Å². The summed E-state index contributed by atoms with van der Waals surface area (Å²) in [4.78, 5) is 25.8. The normalized spacial score (nSPS) is 15.5. The molecule has 4 rings (SSSR count). The summed E-state index contributed by atoms with van der Waals surface area (Å²) in [5.41, 5.74) is 5.01. The van der Waals surface area contributed by atoms with Crippen molar-refractivity contribution in [3.8, 4) is 0 Å². The second-order valence-corrected chi connectivity index (χ2v) is 8.46. The lowest BCUT2D eigenvalue weighted by molar-refractivity contribution is -0.123. The number of para-hydroxylation sites is 1. The molecule has 1 saturated heterocycles. The van der Waals surface area contributed by atoms with Crippen LogP contribution in [0.3, 0.4) is 0 Å². The number of hydrazine groups is 1. The summed E-state index contributed by atoms with van der Waals surface area (Å²) in [5, 5.41) is 2.70. The number of benzene rings is 2. The van der Waals surface area contributed by atoms with Gasteiger partial charge in [0.1, 0.15) is 0 Å². The molecular formula is C21H16ClN3O2S2. The van der Waals surface area contributed by atoms with E-state index < -0.39 is 5.91 Å². The number of carbonyl (C=O) groups is 2. The van der Waals surface area contributed by atoms with Crippen LogP contribution < -0.4 is 5.43 Å². The van der Waals surface area contributed by atoms with Gasteiger partial charge >= 0.3 is 0 Å². The molecule has 8 heteroatoms. The highest BCUT2D eigenvalue weighted by molar-refractivity contribution is 8.26. The summed E-state index contributed by atoms with van der Waals surface area (Å²) in [5.74, 6) is -0.780. The SMILES string of the molecule is CCn1cc(/C=C2\SC(=S)N(NC(=O)c3ccc(Cl)cc3)C2=O)c2ccccc21. The molecule has 0 unspecified atom stereocenters. The van der Waals surface area contributed by atoms with E-state index in [1.807, 2.05) is 36.5 Å². The van der Waals surface area contributed by atoms with Crippen molar-refractivity contribution in [2.75, 3.05) is 0 Å². The highest BCUT2D eigenvalue weighted by Gasteiger charge is 2.34. The van der Waals surface area contributed by atoms with E-state index in [1.54, 1.807) is 24.3 Å². The molecular weight excluding hydrogens is 426 g/mol. The van der Waals surface area contributed by atoms with Gasteiger partial charge in [0.15, 0.2) is 4.32 Å². The molecule has 0 aliphatic carbocycles. The van der Waals surface area contributed by atoms with Gasteiger partial charge in [0.2, 0.25) is 0 Å². The van der Waals surface area contributed by atoms with E-state index in [1.165, 1.54) is 11.8 Å². The maximum atomic E-state index is 12.9. The Kier molecular flexibility index (Phi) is 5.45. The first-order valence-electron chi connectivity index (χ1n) is 8.90. The summed E-state index contributed by atoms with van der Waals surface area (Å²) < 4.78 is 2.41. The summed E-state index contributed by atoms with van der Waals surface area (Å²) >= 11 is 12.3. The number of thioether (sulfide) groups is 1. The van der Waals surface area contributed by atoms with Gasteiger partial charge in [-0.2, -0.15) is 5.01 Å². The number of nitrogens with one attached hydrogen (secondary N) is 1. The van der Waals surface area contributed by atoms with Crippen LogP contribution in [0, 0.1) is 0 Å². The third-order valence-electron chi connectivity index (χ3n) is 4.56. The smallest absolute Gasteiger partial charge is 0.285 e. The molecule has 29 heavy (non-hydrogen) atoms. The second kappa shape index (κ2) is 8.02. The van der Waals surface area contributed by atoms with Crippen LogP contribution in [0.15, 0.2) is 59.6 Å². The Morgan fingerprint density at radius 3 is 2.66 bits per heavy atom. The van der Waals surface area contributed by atoms with Crippen molar-refractivity contribution in [3.63, 3.8) is 0 Å². The molecule has 0 saturated carbocycles. The number of aromatic nitrogens is 1. The zero-order valence-electron chi connectivity index (χ0n) is 15.4. The monoisotopic (exact) mass is 441 g/mol. The molecule has 2 heterocycles. The van der Waals surface area contributed by atoms with Crippen molar-refractivity contribution in [2.45, 2.75) is 13.5 Å². The molecule has 2 amide bonds. The predicted molar refractivity (Wildman–Crippen MR) is 122 cm³/mol. The fraction of sp³-hybridized carbons (Fsp3) is 0.0952. The van der Waals surface area contributed by atoms with Crippen LogP contribution in [-0.4, -0.2) is 25.7 Å². The maximum Gasteiger partial charge on any atom is 0.285 e. The van der Waals surface area contributed by atoms with Crippen LogP contribution in [0.5, 0.6) is 0 Å². The number of rotatable bonds is 4. The Hall–Kier alpha value is -2.61. The average Bonchev–Trinajstić information content (AvgIpc) is 3.21. The zero-order valence-corrected chi connectivity index (χ0v) is 17.8. The van der Waals surface area contributed by atoms with Crippen molar-refractivity contribution < 1.29 is 9.59 Å². The van der Waals surface area contributed by atoms with Crippen LogP contribution in [0.25, 0.3) is 17.0 Å². The number of amides is 2. The first-order valence-corrected chi connectivity index (χ1v) is 10.5. The Labute approximate surface area is 182 Å². The third-order valence-corrected chi connectivity index (χ3v) is 6.11. The predicted octanol–water partition coefficient (Wildman–Crippen LogP) is 4.86. The summed E-state index contributed by atoms with van der Waals surface area (Å²) in [7, 11) is 0. The van der Waals surface area contributed by atoms with Crippen LogP contribution in [0.2, 0.25) is 5.02 Å². The lowest BCUT2D eigenvalue weighted by atomic mass is 10.1. The highest BCUT2D eigenvalue weighted by Crippen LogP contribution is 2.33. The number of halogens is 1. The van der Waals surface area contributed by atoms with Gasteiger partial charge in [-0.1, -0.05) is 41.6 Å². The fourth-order valence-electron chi connectivity index (χ4n) is 3.12. The molecule has 0 spiro atoms. The average molecular weight is 442 g/mol. The molecule has 0 radical (unpaired) electrons. The Morgan fingerprint density at radius 1 is 1.21 bits per heavy atom. The van der Waals surface area contributed by atoms with E-state index in [0.29, 0.717) is 15.5 Å². The van der Waals surface area contributed by atoms with Gasteiger partial charge < -0.3 is 4.57 Å². The highest BCUT2D eigenvalue weighted by atomic mass is 35.5. The standard InChI is InChI=1S/C21H16ClN3O2S2/c1-2-24-12-14(16-5-3-4-6-17(16)24)11-18-20(27)25(21(28)29-18)23-19(26)13-7-9-15(22)10-8-13/h3-12H,2H2,1H3,(H,23,26)/b18-11-. The largest absolute Gasteiger partial charge is 0.347 e. The van der Waals surface area contributed by atoms with E-state index in [0.717, 1.165) is 28.0 Å². The lowest BCUT2D eigenvalue weighted by Crippen LogP contribution is -2.44. The van der Waals surface area contributed by atoms with E-state index in [-0.39, 0.29) is 10.2 Å². The minimum atomic E-state index is -0.429. The molecule has 0 atom stereocenters. The number of carbonyl (C=O) groups excluding carboxylic acids is 2. The van der Waals surface area contributed by atoms with Crippen LogP contribution >= 0.6 is 35.6 Å². The van der Waals surface area contributed by atoms with Gasteiger partial charge in [-0.15, -0.1) is 0 Å². The molecule has 1 aliphatic rings. The van der Waals surface area contributed by atoms with Crippen molar-refractivity contribution in [2.24, 2.45) is 0 Å². The molecule has 1 N–H and O–H groups in total. The van der Waals surface area contributed by atoms with E-state index in [4.69, 9.17) is 23.8 Å².